The van der Waals surface area contributed by atoms with E-state index in [4.69, 9.17) is 4.74 Å². The van der Waals surface area contributed by atoms with Gasteiger partial charge in [-0.3, -0.25) is 4.90 Å². The molecule has 0 aromatic carbocycles. The van der Waals surface area contributed by atoms with Gasteiger partial charge in [-0.1, -0.05) is 0 Å². The molecule has 1 N–H and O–H groups in total. The summed E-state index contributed by atoms with van der Waals surface area (Å²) in [5.41, 5.74) is 0. The normalized spacial score (nSPS) is 29.5. The van der Waals surface area contributed by atoms with Gasteiger partial charge in [-0.05, 0) is 18.8 Å². The van der Waals surface area contributed by atoms with Crippen LogP contribution in [0.2, 0.25) is 0 Å². The minimum atomic E-state index is -4.13. The maximum atomic E-state index is 12.8. The summed E-state index contributed by atoms with van der Waals surface area (Å²) in [5.74, 6) is 0.353. The van der Waals surface area contributed by atoms with Crippen LogP contribution >= 0.6 is 0 Å². The lowest BCUT2D eigenvalue weighted by molar-refractivity contribution is -0.189. The van der Waals surface area contributed by atoms with Crippen molar-refractivity contribution in [3.05, 3.63) is 0 Å². The molecule has 100 valence electrons. The molecule has 1 unspecified atom stereocenters. The number of nitrogens with one attached hydrogen (secondary N) is 1. The fourth-order valence-electron chi connectivity index (χ4n) is 2.55. The summed E-state index contributed by atoms with van der Waals surface area (Å²) in [7, 11) is 0. The molecule has 2 heterocycles. The quantitative estimate of drug-likeness (QED) is 0.800. The Balaban J connectivity index is 1.91. The zero-order valence-electron chi connectivity index (χ0n) is 9.80. The fraction of sp³-hybridized carbons (Fsp3) is 1.00. The highest BCUT2D eigenvalue weighted by Crippen LogP contribution is 2.27. The summed E-state index contributed by atoms with van der Waals surface area (Å²) in [6.07, 6.45) is -2.36. The highest BCUT2D eigenvalue weighted by Gasteiger charge is 2.44. The Morgan fingerprint density at radius 1 is 1.24 bits per heavy atom. The van der Waals surface area contributed by atoms with Crippen LogP contribution in [0.15, 0.2) is 0 Å². The first-order valence-electron chi connectivity index (χ1n) is 6.16. The third-order valence-electron chi connectivity index (χ3n) is 3.57. The smallest absolute Gasteiger partial charge is 0.381 e. The van der Waals surface area contributed by atoms with Crippen LogP contribution < -0.4 is 5.32 Å². The summed E-state index contributed by atoms with van der Waals surface area (Å²) in [4.78, 5) is 1.59. The summed E-state index contributed by atoms with van der Waals surface area (Å²) < 4.78 is 43.7. The zero-order chi connectivity index (χ0) is 12.3. The van der Waals surface area contributed by atoms with Crippen LogP contribution in [0.5, 0.6) is 0 Å². The number of hydrogen-bond donors (Lipinski definition) is 1. The fourth-order valence-corrected chi connectivity index (χ4v) is 2.55. The number of hydrogen-bond acceptors (Lipinski definition) is 3. The van der Waals surface area contributed by atoms with Gasteiger partial charge in [0.15, 0.2) is 0 Å². The average Bonchev–Trinajstić information content (AvgIpc) is 2.30. The maximum Gasteiger partial charge on any atom is 0.405 e. The first-order chi connectivity index (χ1) is 8.07. The number of piperazine rings is 1. The van der Waals surface area contributed by atoms with Gasteiger partial charge in [0.1, 0.15) is 6.04 Å². The van der Waals surface area contributed by atoms with E-state index in [1.807, 2.05) is 0 Å². The Morgan fingerprint density at radius 3 is 2.59 bits per heavy atom. The van der Waals surface area contributed by atoms with Gasteiger partial charge in [-0.15, -0.1) is 0 Å². The highest BCUT2D eigenvalue weighted by molar-refractivity contribution is 4.86. The summed E-state index contributed by atoms with van der Waals surface area (Å²) in [5, 5.41) is 2.82. The molecule has 3 nitrogen and oxygen atoms in total. The Bertz CT molecular complexity index is 241. The largest absolute Gasteiger partial charge is 0.405 e. The van der Waals surface area contributed by atoms with E-state index in [-0.39, 0.29) is 6.54 Å². The second-order valence-electron chi connectivity index (χ2n) is 4.81. The van der Waals surface area contributed by atoms with E-state index in [1.54, 1.807) is 4.90 Å². The van der Waals surface area contributed by atoms with Crippen molar-refractivity contribution in [2.75, 3.05) is 39.4 Å². The van der Waals surface area contributed by atoms with Gasteiger partial charge < -0.3 is 10.1 Å². The number of alkyl halides is 3. The van der Waals surface area contributed by atoms with Crippen LogP contribution in [0.3, 0.4) is 0 Å². The lowest BCUT2D eigenvalue weighted by Gasteiger charge is -2.39. The Kier molecular flexibility index (Phi) is 4.27. The van der Waals surface area contributed by atoms with Crippen molar-refractivity contribution in [2.45, 2.75) is 25.1 Å². The molecule has 0 bridgehead atoms. The van der Waals surface area contributed by atoms with Gasteiger partial charge in [0.05, 0.1) is 0 Å². The minimum Gasteiger partial charge on any atom is -0.381 e. The molecule has 0 spiro atoms. The van der Waals surface area contributed by atoms with Gasteiger partial charge >= 0.3 is 6.18 Å². The molecular formula is C11H19F3N2O. The summed E-state index contributed by atoms with van der Waals surface area (Å²) in [6, 6.07) is -1.32. The topological polar surface area (TPSA) is 24.5 Å². The van der Waals surface area contributed by atoms with E-state index in [9.17, 15) is 13.2 Å². The average molecular weight is 252 g/mol. The van der Waals surface area contributed by atoms with E-state index in [0.29, 0.717) is 38.8 Å². The zero-order valence-corrected chi connectivity index (χ0v) is 9.80. The van der Waals surface area contributed by atoms with Crippen molar-refractivity contribution < 1.29 is 17.9 Å². The SMILES string of the molecule is FC(F)(F)C1CNCCN1CC1CCOCC1. The molecule has 6 heteroatoms. The van der Waals surface area contributed by atoms with Crippen molar-refractivity contribution in [1.29, 1.82) is 0 Å². The van der Waals surface area contributed by atoms with Crippen LogP contribution in [0.1, 0.15) is 12.8 Å². The van der Waals surface area contributed by atoms with Crippen molar-refractivity contribution in [3.63, 3.8) is 0 Å². The second-order valence-corrected chi connectivity index (χ2v) is 4.81. The summed E-state index contributed by atoms with van der Waals surface area (Å²) in [6.45, 7) is 3.08. The maximum absolute atomic E-state index is 12.8. The van der Waals surface area contributed by atoms with Crippen molar-refractivity contribution >= 4 is 0 Å². The standard InChI is InChI=1S/C11H19F3N2O/c12-11(13,14)10-7-15-3-4-16(10)8-9-1-5-17-6-2-9/h9-10,15H,1-8H2. The molecule has 2 saturated heterocycles. The molecule has 0 aromatic heterocycles. The molecule has 0 aromatic rings. The third kappa shape index (κ3) is 3.56. The van der Waals surface area contributed by atoms with Crippen LogP contribution in [-0.2, 0) is 4.74 Å². The van der Waals surface area contributed by atoms with E-state index >= 15 is 0 Å². The molecule has 0 radical (unpaired) electrons. The van der Waals surface area contributed by atoms with Gasteiger partial charge in [0, 0.05) is 39.4 Å². The van der Waals surface area contributed by atoms with Gasteiger partial charge in [0.2, 0.25) is 0 Å². The molecule has 0 aliphatic carbocycles. The van der Waals surface area contributed by atoms with Crippen LogP contribution in [0.4, 0.5) is 13.2 Å². The van der Waals surface area contributed by atoms with Crippen molar-refractivity contribution in [2.24, 2.45) is 5.92 Å². The number of nitrogens with zero attached hydrogens (tertiary/aromatic N) is 1. The van der Waals surface area contributed by atoms with Gasteiger partial charge in [-0.25, -0.2) is 0 Å². The first-order valence-corrected chi connectivity index (χ1v) is 6.16. The monoisotopic (exact) mass is 252 g/mol. The van der Waals surface area contributed by atoms with E-state index in [2.05, 4.69) is 5.32 Å². The van der Waals surface area contributed by atoms with Crippen LogP contribution in [-0.4, -0.2) is 56.5 Å². The number of rotatable bonds is 2. The van der Waals surface area contributed by atoms with Crippen LogP contribution in [0.25, 0.3) is 0 Å². The lowest BCUT2D eigenvalue weighted by atomic mass is 9.98. The van der Waals surface area contributed by atoms with E-state index < -0.39 is 12.2 Å². The molecule has 17 heavy (non-hydrogen) atoms. The predicted octanol–water partition coefficient (Wildman–Crippen LogP) is 1.25. The molecule has 0 amide bonds. The number of halogens is 3. The second kappa shape index (κ2) is 5.54. The molecule has 2 aliphatic heterocycles. The molecule has 2 aliphatic rings. The molecule has 1 atom stereocenters. The van der Waals surface area contributed by atoms with Gasteiger partial charge in [0.25, 0.3) is 0 Å². The summed E-state index contributed by atoms with van der Waals surface area (Å²) >= 11 is 0. The molecule has 2 rings (SSSR count). The Morgan fingerprint density at radius 2 is 1.94 bits per heavy atom. The number of ether oxygens (including phenoxy) is 1. The predicted molar refractivity (Wildman–Crippen MR) is 57.8 cm³/mol. The van der Waals surface area contributed by atoms with Crippen molar-refractivity contribution in [3.8, 4) is 0 Å². The Labute approximate surface area is 99.3 Å². The van der Waals surface area contributed by atoms with Gasteiger partial charge in [-0.2, -0.15) is 13.2 Å². The van der Waals surface area contributed by atoms with Crippen LogP contribution in [0, 0.1) is 5.92 Å². The first kappa shape index (κ1) is 13.1. The third-order valence-corrected chi connectivity index (χ3v) is 3.57. The molecule has 0 saturated carbocycles. The van der Waals surface area contributed by atoms with E-state index in [0.717, 1.165) is 12.8 Å². The van der Waals surface area contributed by atoms with Crippen molar-refractivity contribution in [1.82, 2.24) is 10.2 Å². The lowest BCUT2D eigenvalue weighted by Crippen LogP contribution is -2.58. The highest BCUT2D eigenvalue weighted by atomic mass is 19.4. The molecule has 2 fully saturated rings. The molecular weight excluding hydrogens is 233 g/mol. The minimum absolute atomic E-state index is 0.0206. The Hall–Kier alpha value is -0.330. The van der Waals surface area contributed by atoms with E-state index in [1.165, 1.54) is 0 Å².